The summed E-state index contributed by atoms with van der Waals surface area (Å²) in [5.41, 5.74) is 7.41. The van der Waals surface area contributed by atoms with E-state index >= 15 is 0 Å². The van der Waals surface area contributed by atoms with Gasteiger partial charge in [0.2, 0.25) is 0 Å². The van der Waals surface area contributed by atoms with Gasteiger partial charge in [-0.15, -0.1) is 0 Å². The largest absolute Gasteiger partial charge is 0.467 e. The first-order valence-corrected chi connectivity index (χ1v) is 15.9. The molecule has 0 saturated heterocycles. The Morgan fingerprint density at radius 1 is 1.12 bits per heavy atom. The van der Waals surface area contributed by atoms with Crippen LogP contribution in [-0.4, -0.2) is 58.4 Å². The summed E-state index contributed by atoms with van der Waals surface area (Å²) in [4.78, 5) is 53.1. The fraction of sp³-hybridized carbons (Fsp3) is 0.222. The number of amides is 3. The van der Waals surface area contributed by atoms with E-state index in [2.05, 4.69) is 26.3 Å². The van der Waals surface area contributed by atoms with E-state index in [0.29, 0.717) is 33.2 Å². The second-order valence-electron chi connectivity index (χ2n) is 12.1. The third-order valence-corrected chi connectivity index (χ3v) is 7.41. The van der Waals surface area contributed by atoms with Gasteiger partial charge >= 0.3 is 6.09 Å². The van der Waals surface area contributed by atoms with Crippen LogP contribution in [0.4, 0.5) is 16.3 Å². The van der Waals surface area contributed by atoms with Gasteiger partial charge in [0, 0.05) is 35.9 Å². The lowest BCUT2D eigenvalue weighted by atomic mass is 9.97. The monoisotopic (exact) mass is 711 g/mol. The Bertz CT molecular complexity index is 2070. The van der Waals surface area contributed by atoms with Crippen molar-refractivity contribution in [3.8, 4) is 34.2 Å². The average molecular weight is 712 g/mol. The van der Waals surface area contributed by atoms with Gasteiger partial charge in [-0.05, 0) is 74.9 Å². The first-order chi connectivity index (χ1) is 24.4. The third-order valence-electron chi connectivity index (χ3n) is 7.17. The number of ether oxygens (including phenoxy) is 3. The number of furan rings is 1. The van der Waals surface area contributed by atoms with Crippen molar-refractivity contribution in [1.82, 2.24) is 15.0 Å². The molecule has 5 aromatic rings. The van der Waals surface area contributed by atoms with Crippen molar-refractivity contribution in [2.24, 2.45) is 5.73 Å². The first-order valence-electron chi connectivity index (χ1n) is 15.5. The molecule has 51 heavy (non-hydrogen) atoms. The number of rotatable bonds is 11. The van der Waals surface area contributed by atoms with Gasteiger partial charge in [0.25, 0.3) is 11.8 Å². The third kappa shape index (κ3) is 8.78. The standard InChI is InChI=1S/C36H34ClN7O7/c1-36(2,3)51-35(47)44(34(46)28(39)15-23-18-40-19-41-23)24-8-5-7-21(13-24)26-16-29(25-11-10-22(37)14-31(25)50-20-48-4)42-32(27(26)17-38)43-33(45)30-9-6-12-49-30/h5-14,16,18-19,28H,15,20,39H2,1-4H3,(H,40,41)(H,42,43,45)/t28-/m1/s1. The molecule has 15 heteroatoms. The number of aromatic amines is 1. The zero-order valence-corrected chi connectivity index (χ0v) is 28.9. The Morgan fingerprint density at radius 3 is 2.59 bits per heavy atom. The van der Waals surface area contributed by atoms with Gasteiger partial charge in [0.15, 0.2) is 18.4 Å². The van der Waals surface area contributed by atoms with Crippen LogP contribution in [0.1, 0.15) is 42.6 Å². The second-order valence-corrected chi connectivity index (χ2v) is 12.5. The zero-order chi connectivity index (χ0) is 36.7. The lowest BCUT2D eigenvalue weighted by Crippen LogP contribution is -2.49. The van der Waals surface area contributed by atoms with Gasteiger partial charge < -0.3 is 34.7 Å². The molecule has 0 bridgehead atoms. The van der Waals surface area contributed by atoms with Crippen LogP contribution in [0.3, 0.4) is 0 Å². The molecule has 262 valence electrons. The van der Waals surface area contributed by atoms with E-state index < -0.39 is 29.6 Å². The van der Waals surface area contributed by atoms with Gasteiger partial charge in [-0.3, -0.25) is 9.59 Å². The van der Waals surface area contributed by atoms with Crippen LogP contribution in [0.25, 0.3) is 22.4 Å². The molecule has 3 heterocycles. The van der Waals surface area contributed by atoms with E-state index in [-0.39, 0.29) is 41.7 Å². The van der Waals surface area contributed by atoms with Crippen molar-refractivity contribution in [2.45, 2.75) is 38.8 Å². The molecule has 0 unspecified atom stereocenters. The Balaban J connectivity index is 1.66. The highest BCUT2D eigenvalue weighted by Crippen LogP contribution is 2.38. The molecule has 3 amide bonds. The predicted molar refractivity (Wildman–Crippen MR) is 188 cm³/mol. The lowest BCUT2D eigenvalue weighted by Gasteiger charge is -2.28. The molecule has 0 radical (unpaired) electrons. The number of H-pyrrole nitrogens is 1. The van der Waals surface area contributed by atoms with E-state index in [0.717, 1.165) is 4.90 Å². The molecule has 2 aromatic carbocycles. The number of anilines is 2. The van der Waals surface area contributed by atoms with Crippen molar-refractivity contribution in [3.05, 3.63) is 101 Å². The Labute approximate surface area is 298 Å². The van der Waals surface area contributed by atoms with Crippen molar-refractivity contribution in [2.75, 3.05) is 24.1 Å². The van der Waals surface area contributed by atoms with Crippen LogP contribution in [0.5, 0.6) is 5.75 Å². The number of nitriles is 1. The number of benzene rings is 2. The summed E-state index contributed by atoms with van der Waals surface area (Å²) in [6.45, 7) is 4.92. The maximum atomic E-state index is 13.9. The number of nitrogens with two attached hydrogens (primary N) is 1. The molecule has 0 aliphatic rings. The normalized spacial score (nSPS) is 11.7. The molecular weight excluding hydrogens is 678 g/mol. The van der Waals surface area contributed by atoms with Gasteiger partial charge in [-0.2, -0.15) is 5.26 Å². The molecule has 4 N–H and O–H groups in total. The molecule has 0 spiro atoms. The summed E-state index contributed by atoms with van der Waals surface area (Å²) in [5, 5.41) is 13.5. The van der Waals surface area contributed by atoms with Crippen LogP contribution >= 0.6 is 11.6 Å². The molecule has 0 saturated carbocycles. The number of methoxy groups -OCH3 is 1. The number of nitrogens with one attached hydrogen (secondary N) is 2. The summed E-state index contributed by atoms with van der Waals surface area (Å²) in [5.74, 6) is -1.18. The number of hydrogen-bond donors (Lipinski definition) is 3. The average Bonchev–Trinajstić information content (AvgIpc) is 3.82. The van der Waals surface area contributed by atoms with E-state index in [4.69, 9.17) is 36.0 Å². The highest BCUT2D eigenvalue weighted by molar-refractivity contribution is 6.30. The highest BCUT2D eigenvalue weighted by atomic mass is 35.5. The van der Waals surface area contributed by atoms with Gasteiger partial charge in [-0.25, -0.2) is 19.7 Å². The second kappa shape index (κ2) is 15.7. The number of carbonyl (C=O) groups excluding carboxylic acids is 3. The topological polar surface area (TPSA) is 199 Å². The summed E-state index contributed by atoms with van der Waals surface area (Å²) in [6.07, 6.45) is 3.49. The maximum absolute atomic E-state index is 13.9. The molecule has 0 fully saturated rings. The molecular formula is C36H34ClN7O7. The predicted octanol–water partition coefficient (Wildman–Crippen LogP) is 6.33. The first kappa shape index (κ1) is 36.3. The molecule has 1 atom stereocenters. The number of nitrogens with zero attached hydrogens (tertiary/aromatic N) is 4. The molecule has 5 rings (SSSR count). The number of carbonyl (C=O) groups is 3. The zero-order valence-electron chi connectivity index (χ0n) is 28.1. The maximum Gasteiger partial charge on any atom is 0.421 e. The van der Waals surface area contributed by atoms with E-state index in [1.165, 1.54) is 37.9 Å². The van der Waals surface area contributed by atoms with Crippen molar-refractivity contribution in [1.29, 1.82) is 5.26 Å². The number of halogens is 1. The number of hydrogen-bond acceptors (Lipinski definition) is 11. The Kier molecular flexibility index (Phi) is 11.2. The van der Waals surface area contributed by atoms with Crippen LogP contribution in [0.2, 0.25) is 5.02 Å². The molecule has 3 aromatic heterocycles. The summed E-state index contributed by atoms with van der Waals surface area (Å²) < 4.78 is 21.7. The summed E-state index contributed by atoms with van der Waals surface area (Å²) in [7, 11) is 1.47. The number of pyridine rings is 1. The SMILES string of the molecule is COCOc1cc(Cl)ccc1-c1cc(-c2cccc(N(C(=O)OC(C)(C)C)C(=O)[C@H](N)Cc3c[nH]cn3)c2)c(C#N)c(NC(=O)c2ccco2)n1. The van der Waals surface area contributed by atoms with Gasteiger partial charge in [-0.1, -0.05) is 23.7 Å². The minimum absolute atomic E-state index is 0.0112. The quantitative estimate of drug-likeness (QED) is 0.129. The Hall–Kier alpha value is -6.01. The van der Waals surface area contributed by atoms with Gasteiger partial charge in [0.1, 0.15) is 23.0 Å². The van der Waals surface area contributed by atoms with E-state index in [1.807, 2.05) is 0 Å². The summed E-state index contributed by atoms with van der Waals surface area (Å²) in [6, 6.07) is 16.8. The van der Waals surface area contributed by atoms with Crippen LogP contribution in [0, 0.1) is 11.3 Å². The molecule has 0 aliphatic heterocycles. The highest BCUT2D eigenvalue weighted by Gasteiger charge is 2.33. The molecule has 0 aliphatic carbocycles. The van der Waals surface area contributed by atoms with Crippen molar-refractivity contribution in [3.63, 3.8) is 0 Å². The minimum Gasteiger partial charge on any atom is -0.467 e. The fourth-order valence-corrected chi connectivity index (χ4v) is 5.13. The van der Waals surface area contributed by atoms with Crippen molar-refractivity contribution >= 4 is 41.0 Å². The molecule has 14 nitrogen and oxygen atoms in total. The smallest absolute Gasteiger partial charge is 0.421 e. The van der Waals surface area contributed by atoms with Crippen molar-refractivity contribution < 1.29 is 33.0 Å². The fourth-order valence-electron chi connectivity index (χ4n) is 4.96. The summed E-state index contributed by atoms with van der Waals surface area (Å²) >= 11 is 6.28. The van der Waals surface area contributed by atoms with E-state index in [9.17, 15) is 19.6 Å². The van der Waals surface area contributed by atoms with Gasteiger partial charge in [0.05, 0.1) is 35.7 Å². The van der Waals surface area contributed by atoms with Crippen LogP contribution in [-0.2, 0) is 20.7 Å². The number of imide groups is 1. The van der Waals surface area contributed by atoms with Crippen LogP contribution < -0.4 is 20.7 Å². The lowest BCUT2D eigenvalue weighted by molar-refractivity contribution is -0.119. The number of imidazole rings is 1. The minimum atomic E-state index is -1.16. The van der Waals surface area contributed by atoms with Crippen LogP contribution in [0.15, 0.2) is 83.9 Å². The van der Waals surface area contributed by atoms with E-state index in [1.54, 1.807) is 69.4 Å². The Morgan fingerprint density at radius 2 is 1.92 bits per heavy atom. The number of aromatic nitrogens is 3.